The summed E-state index contributed by atoms with van der Waals surface area (Å²) >= 11 is 5.68. The molecule has 27 heavy (non-hydrogen) atoms. The van der Waals surface area contributed by atoms with Crippen molar-refractivity contribution in [1.29, 1.82) is 5.41 Å². The van der Waals surface area contributed by atoms with Crippen molar-refractivity contribution < 1.29 is 23.2 Å². The summed E-state index contributed by atoms with van der Waals surface area (Å²) in [5, 5.41) is 18.1. The van der Waals surface area contributed by atoms with E-state index in [4.69, 9.17) is 17.0 Å². The Kier molecular flexibility index (Phi) is 6.19. The quantitative estimate of drug-likeness (QED) is 0.364. The van der Waals surface area contributed by atoms with Crippen LogP contribution in [0.2, 0.25) is 0 Å². The maximum atomic E-state index is 13.1. The van der Waals surface area contributed by atoms with Crippen molar-refractivity contribution in [2.45, 2.75) is 25.0 Å². The molecule has 1 atom stereocenters. The highest BCUT2D eigenvalue weighted by Crippen LogP contribution is 2.28. The van der Waals surface area contributed by atoms with Crippen LogP contribution in [0.5, 0.6) is 0 Å². The summed E-state index contributed by atoms with van der Waals surface area (Å²) in [5.74, 6) is -0.958. The van der Waals surface area contributed by atoms with Crippen LogP contribution in [0.1, 0.15) is 19.8 Å². The molecule has 0 aromatic carbocycles. The van der Waals surface area contributed by atoms with E-state index in [0.717, 1.165) is 6.08 Å². The molecule has 1 heterocycles. The lowest BCUT2D eigenvalue weighted by Gasteiger charge is -2.25. The van der Waals surface area contributed by atoms with Crippen molar-refractivity contribution in [2.75, 3.05) is 0 Å². The number of nitrogens with zero attached hydrogens (tertiary/aromatic N) is 1. The van der Waals surface area contributed by atoms with Gasteiger partial charge in [0.25, 0.3) is 5.91 Å². The first-order valence-corrected chi connectivity index (χ1v) is 9.72. The third-order valence-electron chi connectivity index (χ3n) is 3.93. The number of carbonyl (C=O) groups is 2. The van der Waals surface area contributed by atoms with E-state index in [9.17, 15) is 23.2 Å². The minimum absolute atomic E-state index is 0.0568. The maximum Gasteiger partial charge on any atom is 0.352 e. The van der Waals surface area contributed by atoms with E-state index in [1.807, 2.05) is 0 Å². The van der Waals surface area contributed by atoms with Crippen LogP contribution in [0.3, 0.4) is 0 Å². The molecule has 0 saturated carbocycles. The number of sulfone groups is 1. The van der Waals surface area contributed by atoms with E-state index < -0.39 is 33.4 Å². The Balaban J connectivity index is 2.49. The third-order valence-corrected chi connectivity index (χ3v) is 6.19. The van der Waals surface area contributed by atoms with E-state index in [1.54, 1.807) is 19.1 Å². The fraction of sp³-hybridized carbons (Fsp3) is 0.235. The van der Waals surface area contributed by atoms with Crippen LogP contribution >= 0.6 is 11.6 Å². The predicted molar refractivity (Wildman–Crippen MR) is 101 cm³/mol. The first-order valence-electron chi connectivity index (χ1n) is 7.80. The van der Waals surface area contributed by atoms with Crippen molar-refractivity contribution in [1.82, 2.24) is 10.4 Å². The van der Waals surface area contributed by atoms with Crippen molar-refractivity contribution in [2.24, 2.45) is 0 Å². The minimum atomic E-state index is -4.01. The van der Waals surface area contributed by atoms with Gasteiger partial charge in [-0.25, -0.2) is 13.2 Å². The van der Waals surface area contributed by atoms with E-state index in [2.05, 4.69) is 11.9 Å². The molecule has 2 rings (SSSR count). The van der Waals surface area contributed by atoms with Crippen LogP contribution < -0.4 is 5.32 Å². The number of hydrogen-bond acceptors (Lipinski definition) is 6. The lowest BCUT2D eigenvalue weighted by Crippen LogP contribution is -2.47. The highest BCUT2D eigenvalue weighted by Gasteiger charge is 2.35. The van der Waals surface area contributed by atoms with Crippen molar-refractivity contribution >= 4 is 39.1 Å². The molecule has 10 heteroatoms. The average molecular weight is 412 g/mol. The Morgan fingerprint density at radius 1 is 1.44 bits per heavy atom. The van der Waals surface area contributed by atoms with Gasteiger partial charge in [-0.3, -0.25) is 10.0 Å². The first kappa shape index (κ1) is 20.8. The van der Waals surface area contributed by atoms with Crippen LogP contribution in [0, 0.1) is 5.41 Å². The van der Waals surface area contributed by atoms with E-state index in [-0.39, 0.29) is 27.1 Å². The number of allylic oxidation sites excluding steroid dienone is 6. The molecule has 1 unspecified atom stereocenters. The van der Waals surface area contributed by atoms with Crippen molar-refractivity contribution in [3.63, 3.8) is 0 Å². The van der Waals surface area contributed by atoms with Crippen LogP contribution in [-0.2, 0) is 14.6 Å². The van der Waals surface area contributed by atoms with Crippen LogP contribution in [0.15, 0.2) is 58.2 Å². The fourth-order valence-electron chi connectivity index (χ4n) is 2.52. The number of imide groups is 1. The number of hydrogen-bond donors (Lipinski definition) is 3. The number of halogens is 1. The highest BCUT2D eigenvalue weighted by atomic mass is 35.5. The number of carbonyl (C=O) groups excluding carboxylic acids is 2. The molecule has 2 aliphatic rings. The smallest absolute Gasteiger partial charge is 0.308 e. The summed E-state index contributed by atoms with van der Waals surface area (Å²) in [5.41, 5.74) is 0.778. The molecule has 0 aromatic rings. The van der Waals surface area contributed by atoms with Gasteiger partial charge in [0.2, 0.25) is 0 Å². The van der Waals surface area contributed by atoms with E-state index >= 15 is 0 Å². The second-order valence-electron chi connectivity index (χ2n) is 5.90. The number of rotatable bonds is 5. The zero-order chi connectivity index (χ0) is 20.4. The van der Waals surface area contributed by atoms with Gasteiger partial charge >= 0.3 is 6.03 Å². The summed E-state index contributed by atoms with van der Waals surface area (Å²) in [6.45, 7) is 5.04. The second kappa shape index (κ2) is 8.03. The van der Waals surface area contributed by atoms with Gasteiger partial charge in [0.15, 0.2) is 9.84 Å². The van der Waals surface area contributed by atoms with Gasteiger partial charge in [-0.1, -0.05) is 36.4 Å². The first-order chi connectivity index (χ1) is 12.5. The molecule has 0 spiro atoms. The standard InChI is InChI=1S/C17H18ClN3O5S/c1-10(18)3-8-15(14-9-16(22)21(24)17(23)20-14)27(25,26)13-6-4-12(5-7-13)11(2)19/h3-6,8,13,19,24H,1,7,9H2,2H3,(H,20,23)/b8-3-,15-14-,19-11?. The van der Waals surface area contributed by atoms with Crippen molar-refractivity contribution in [3.8, 4) is 0 Å². The second-order valence-corrected chi connectivity index (χ2v) is 8.52. The van der Waals surface area contributed by atoms with Crippen molar-refractivity contribution in [3.05, 3.63) is 58.2 Å². The number of amides is 3. The summed E-state index contributed by atoms with van der Waals surface area (Å²) in [7, 11) is -4.01. The van der Waals surface area contributed by atoms with Gasteiger partial charge in [0, 0.05) is 16.4 Å². The molecule has 1 saturated heterocycles. The molecule has 1 aliphatic heterocycles. The predicted octanol–water partition coefficient (Wildman–Crippen LogP) is 2.55. The SMILES string of the molecule is C=C(Cl)/C=C\C(=C1/CC(=O)N(O)C(=O)N1)S(=O)(=O)C1C=CC(C(C)=N)=CC1. The highest BCUT2D eigenvalue weighted by molar-refractivity contribution is 7.96. The molecular formula is C17H18ClN3O5S. The summed E-state index contributed by atoms with van der Waals surface area (Å²) < 4.78 is 26.2. The fourth-order valence-corrected chi connectivity index (χ4v) is 4.27. The Hall–Kier alpha value is -2.49. The molecule has 8 nitrogen and oxygen atoms in total. The van der Waals surface area contributed by atoms with E-state index in [1.165, 1.54) is 12.2 Å². The van der Waals surface area contributed by atoms with Gasteiger partial charge in [-0.2, -0.15) is 0 Å². The molecule has 1 fully saturated rings. The Labute approximate surface area is 161 Å². The largest absolute Gasteiger partial charge is 0.352 e. The third kappa shape index (κ3) is 4.62. The lowest BCUT2D eigenvalue weighted by atomic mass is 10.0. The maximum absolute atomic E-state index is 13.1. The average Bonchev–Trinajstić information content (AvgIpc) is 2.59. The molecule has 144 valence electrons. The summed E-state index contributed by atoms with van der Waals surface area (Å²) in [6.07, 6.45) is 6.65. The zero-order valence-corrected chi connectivity index (χ0v) is 16.0. The summed E-state index contributed by atoms with van der Waals surface area (Å²) in [4.78, 5) is 23.1. The van der Waals surface area contributed by atoms with Crippen LogP contribution in [-0.4, -0.2) is 41.6 Å². The topological polar surface area (TPSA) is 128 Å². The minimum Gasteiger partial charge on any atom is -0.308 e. The molecule has 3 N–H and O–H groups in total. The molecule has 0 aromatic heterocycles. The summed E-state index contributed by atoms with van der Waals surface area (Å²) in [6, 6.07) is -1.15. The number of urea groups is 1. The van der Waals surface area contributed by atoms with Gasteiger partial charge in [-0.05, 0) is 31.1 Å². The van der Waals surface area contributed by atoms with E-state index in [0.29, 0.717) is 11.3 Å². The van der Waals surface area contributed by atoms with Crippen LogP contribution in [0.4, 0.5) is 4.79 Å². The molecule has 1 aliphatic carbocycles. The molecular weight excluding hydrogens is 394 g/mol. The molecule has 3 amide bonds. The lowest BCUT2D eigenvalue weighted by molar-refractivity contribution is -0.153. The van der Waals surface area contributed by atoms with Gasteiger partial charge in [0.1, 0.15) is 0 Å². The van der Waals surface area contributed by atoms with Gasteiger partial charge in [-0.15, -0.1) is 5.06 Å². The van der Waals surface area contributed by atoms with Gasteiger partial charge in [0.05, 0.1) is 16.6 Å². The molecule has 0 radical (unpaired) electrons. The number of nitrogens with one attached hydrogen (secondary N) is 2. The monoisotopic (exact) mass is 411 g/mol. The Morgan fingerprint density at radius 3 is 2.59 bits per heavy atom. The van der Waals surface area contributed by atoms with Gasteiger partial charge < -0.3 is 10.7 Å². The Bertz CT molecular complexity index is 924. The number of hydroxylamine groups is 2. The van der Waals surface area contributed by atoms with Crippen LogP contribution in [0.25, 0.3) is 0 Å². The normalized spacial score (nSPS) is 22.6. The Morgan fingerprint density at radius 2 is 2.11 bits per heavy atom. The zero-order valence-electron chi connectivity index (χ0n) is 14.4. The molecule has 0 bridgehead atoms.